The number of methoxy groups -OCH3 is 1. The number of nitrogens with one attached hydrogen (secondary N) is 1. The number of halogens is 1. The summed E-state index contributed by atoms with van der Waals surface area (Å²) in [6.45, 7) is 2.19. The quantitative estimate of drug-likeness (QED) is 0.478. The highest BCUT2D eigenvalue weighted by Crippen LogP contribution is 2.13. The van der Waals surface area contributed by atoms with Crippen molar-refractivity contribution in [3.05, 3.63) is 34.3 Å². The molecule has 1 amide bonds. The van der Waals surface area contributed by atoms with Gasteiger partial charge in [0.25, 0.3) is 5.91 Å². The Morgan fingerprint density at radius 1 is 1.17 bits per heavy atom. The Morgan fingerprint density at radius 2 is 1.87 bits per heavy atom. The molecule has 0 aliphatic carbocycles. The summed E-state index contributed by atoms with van der Waals surface area (Å²) in [5, 5.41) is 2.78. The van der Waals surface area contributed by atoms with E-state index in [4.69, 9.17) is 4.74 Å². The second-order valence-electron chi connectivity index (χ2n) is 5.62. The molecule has 1 aromatic rings. The lowest BCUT2D eigenvalue weighted by molar-refractivity contribution is -0.143. The Labute approximate surface area is 147 Å². The number of amides is 1. The summed E-state index contributed by atoms with van der Waals surface area (Å²) in [4.78, 5) is 24.1. The van der Waals surface area contributed by atoms with E-state index in [0.29, 0.717) is 12.0 Å². The first-order chi connectivity index (χ1) is 11.1. The third kappa shape index (κ3) is 7.64. The van der Waals surface area contributed by atoms with Gasteiger partial charge in [0, 0.05) is 10.0 Å². The van der Waals surface area contributed by atoms with Crippen LogP contribution in [0.5, 0.6) is 0 Å². The van der Waals surface area contributed by atoms with Gasteiger partial charge in [-0.1, -0.05) is 67.4 Å². The molecule has 23 heavy (non-hydrogen) atoms. The third-order valence-corrected chi connectivity index (χ3v) is 4.22. The zero-order valence-electron chi connectivity index (χ0n) is 13.9. The van der Waals surface area contributed by atoms with Crippen LogP contribution in [0.2, 0.25) is 0 Å². The fourth-order valence-electron chi connectivity index (χ4n) is 2.39. The van der Waals surface area contributed by atoms with E-state index in [-0.39, 0.29) is 11.9 Å². The zero-order valence-corrected chi connectivity index (χ0v) is 15.5. The Morgan fingerprint density at radius 3 is 2.52 bits per heavy atom. The van der Waals surface area contributed by atoms with Crippen LogP contribution in [0.25, 0.3) is 0 Å². The molecule has 1 rings (SSSR count). The van der Waals surface area contributed by atoms with Crippen LogP contribution in [-0.2, 0) is 9.53 Å². The van der Waals surface area contributed by atoms with Gasteiger partial charge in [-0.25, -0.2) is 4.79 Å². The predicted molar refractivity (Wildman–Crippen MR) is 95.4 cm³/mol. The first kappa shape index (κ1) is 19.7. The second-order valence-corrected chi connectivity index (χ2v) is 6.53. The van der Waals surface area contributed by atoms with Crippen LogP contribution in [0.1, 0.15) is 62.2 Å². The molecule has 128 valence electrons. The van der Waals surface area contributed by atoms with E-state index in [1.54, 1.807) is 18.2 Å². The minimum atomic E-state index is -0.586. The maximum Gasteiger partial charge on any atom is 0.328 e. The number of rotatable bonds is 10. The maximum absolute atomic E-state index is 12.3. The topological polar surface area (TPSA) is 55.4 Å². The van der Waals surface area contributed by atoms with Crippen LogP contribution in [-0.4, -0.2) is 25.0 Å². The summed E-state index contributed by atoms with van der Waals surface area (Å²) in [7, 11) is 1.35. The minimum Gasteiger partial charge on any atom is -0.467 e. The van der Waals surface area contributed by atoms with E-state index < -0.39 is 6.04 Å². The molecule has 0 spiro atoms. The van der Waals surface area contributed by atoms with Gasteiger partial charge in [-0.05, 0) is 24.6 Å². The van der Waals surface area contributed by atoms with Crippen molar-refractivity contribution in [3.8, 4) is 0 Å². The van der Waals surface area contributed by atoms with Crippen molar-refractivity contribution in [3.63, 3.8) is 0 Å². The monoisotopic (exact) mass is 383 g/mol. The number of esters is 1. The lowest BCUT2D eigenvalue weighted by Gasteiger charge is -2.16. The van der Waals surface area contributed by atoms with E-state index >= 15 is 0 Å². The van der Waals surface area contributed by atoms with Gasteiger partial charge >= 0.3 is 5.97 Å². The molecule has 1 atom stereocenters. The van der Waals surface area contributed by atoms with Gasteiger partial charge in [-0.3, -0.25) is 4.79 Å². The van der Waals surface area contributed by atoms with Crippen LogP contribution in [0, 0.1) is 0 Å². The Balaban J connectivity index is 2.51. The number of ether oxygens (including phenoxy) is 1. The number of hydrogen-bond donors (Lipinski definition) is 1. The molecule has 0 aliphatic heterocycles. The van der Waals surface area contributed by atoms with Gasteiger partial charge in [-0.15, -0.1) is 0 Å². The molecule has 1 N–H and O–H groups in total. The predicted octanol–water partition coefficient (Wildman–Crippen LogP) is 4.47. The van der Waals surface area contributed by atoms with Crippen molar-refractivity contribution in [1.29, 1.82) is 0 Å². The van der Waals surface area contributed by atoms with Gasteiger partial charge < -0.3 is 10.1 Å². The summed E-state index contributed by atoms with van der Waals surface area (Å²) in [5.74, 6) is -0.644. The Hall–Kier alpha value is -1.36. The first-order valence-electron chi connectivity index (χ1n) is 8.22. The summed E-state index contributed by atoms with van der Waals surface area (Å²) in [6, 6.07) is 6.51. The summed E-state index contributed by atoms with van der Waals surface area (Å²) in [6.07, 6.45) is 7.44. The Bertz CT molecular complexity index is 505. The number of unbranched alkanes of at least 4 members (excludes halogenated alkanes) is 5. The summed E-state index contributed by atoms with van der Waals surface area (Å²) >= 11 is 3.34. The molecule has 0 aliphatic rings. The number of carbonyl (C=O) groups is 2. The van der Waals surface area contributed by atoms with Crippen LogP contribution in [0.3, 0.4) is 0 Å². The minimum absolute atomic E-state index is 0.257. The lowest BCUT2D eigenvalue weighted by atomic mass is 10.1. The van der Waals surface area contributed by atoms with Crippen LogP contribution < -0.4 is 5.32 Å². The fourth-order valence-corrected chi connectivity index (χ4v) is 2.79. The fraction of sp³-hybridized carbons (Fsp3) is 0.556. The van der Waals surface area contributed by atoms with Crippen molar-refractivity contribution in [2.45, 2.75) is 57.9 Å². The zero-order chi connectivity index (χ0) is 17.1. The standard InChI is InChI=1S/C18H26BrNO3/c1-3-4-5-6-7-8-12-16(18(22)23-2)20-17(21)14-10-9-11-15(19)13-14/h9-11,13,16H,3-8,12H2,1-2H3,(H,20,21)/t16-/m1/s1. The molecule has 5 heteroatoms. The summed E-state index contributed by atoms with van der Waals surface area (Å²) in [5.41, 5.74) is 0.524. The van der Waals surface area contributed by atoms with Gasteiger partial charge in [0.15, 0.2) is 0 Å². The second kappa shape index (κ2) is 11.2. The largest absolute Gasteiger partial charge is 0.467 e. The molecule has 0 fully saturated rings. The van der Waals surface area contributed by atoms with E-state index in [0.717, 1.165) is 17.3 Å². The van der Waals surface area contributed by atoms with E-state index in [2.05, 4.69) is 28.2 Å². The molecule has 0 aromatic heterocycles. The van der Waals surface area contributed by atoms with Crippen LogP contribution in [0.4, 0.5) is 0 Å². The van der Waals surface area contributed by atoms with Crippen molar-refractivity contribution in [2.75, 3.05) is 7.11 Å². The van der Waals surface area contributed by atoms with E-state index in [1.807, 2.05) is 6.07 Å². The molecular weight excluding hydrogens is 358 g/mol. The average molecular weight is 384 g/mol. The van der Waals surface area contributed by atoms with Gasteiger partial charge in [-0.2, -0.15) is 0 Å². The molecule has 0 radical (unpaired) electrons. The molecule has 0 heterocycles. The molecule has 0 saturated carbocycles. The van der Waals surface area contributed by atoms with Crippen LogP contribution in [0.15, 0.2) is 28.7 Å². The van der Waals surface area contributed by atoms with Gasteiger partial charge in [0.1, 0.15) is 6.04 Å². The first-order valence-corrected chi connectivity index (χ1v) is 9.02. The average Bonchev–Trinajstić information content (AvgIpc) is 2.56. The molecule has 4 nitrogen and oxygen atoms in total. The van der Waals surface area contributed by atoms with Crippen molar-refractivity contribution < 1.29 is 14.3 Å². The highest BCUT2D eigenvalue weighted by atomic mass is 79.9. The highest BCUT2D eigenvalue weighted by Gasteiger charge is 2.21. The number of hydrogen-bond acceptors (Lipinski definition) is 3. The Kier molecular flexibility index (Phi) is 9.60. The molecule has 0 unspecified atom stereocenters. The normalized spacial score (nSPS) is 11.8. The van der Waals surface area contributed by atoms with E-state index in [9.17, 15) is 9.59 Å². The maximum atomic E-state index is 12.3. The van der Waals surface area contributed by atoms with Crippen molar-refractivity contribution in [1.82, 2.24) is 5.32 Å². The molecule has 1 aromatic carbocycles. The van der Waals surface area contributed by atoms with E-state index in [1.165, 1.54) is 32.8 Å². The van der Waals surface area contributed by atoms with Crippen molar-refractivity contribution in [2.24, 2.45) is 0 Å². The molecular formula is C18H26BrNO3. The smallest absolute Gasteiger partial charge is 0.328 e. The van der Waals surface area contributed by atoms with Gasteiger partial charge in [0.05, 0.1) is 7.11 Å². The number of carbonyl (C=O) groups excluding carboxylic acids is 2. The SMILES string of the molecule is CCCCCCCC[C@@H](NC(=O)c1cccc(Br)c1)C(=O)OC. The third-order valence-electron chi connectivity index (χ3n) is 3.72. The van der Waals surface area contributed by atoms with Crippen LogP contribution >= 0.6 is 15.9 Å². The van der Waals surface area contributed by atoms with Gasteiger partial charge in [0.2, 0.25) is 0 Å². The molecule has 0 bridgehead atoms. The number of benzene rings is 1. The summed E-state index contributed by atoms with van der Waals surface area (Å²) < 4.78 is 5.63. The highest BCUT2D eigenvalue weighted by molar-refractivity contribution is 9.10. The molecule has 0 saturated heterocycles. The lowest BCUT2D eigenvalue weighted by Crippen LogP contribution is -2.41. The van der Waals surface area contributed by atoms with Crippen molar-refractivity contribution >= 4 is 27.8 Å².